The highest BCUT2D eigenvalue weighted by atomic mass is 35.5. The number of carbonyl (C=O) groups excluding carboxylic acids is 1. The summed E-state index contributed by atoms with van der Waals surface area (Å²) in [6.45, 7) is 2.05. The van der Waals surface area contributed by atoms with Gasteiger partial charge in [0.1, 0.15) is 11.5 Å². The molecule has 6 nitrogen and oxygen atoms in total. The Balaban J connectivity index is 2.07. The van der Waals surface area contributed by atoms with Gasteiger partial charge in [0.05, 0.1) is 17.3 Å². The quantitative estimate of drug-likeness (QED) is 0.895. The molecule has 0 atom stereocenters. The van der Waals surface area contributed by atoms with Crippen LogP contribution in [0.15, 0.2) is 22.7 Å². The second kappa shape index (κ2) is 5.71. The Morgan fingerprint density at radius 1 is 1.47 bits per heavy atom. The summed E-state index contributed by atoms with van der Waals surface area (Å²) in [6.07, 6.45) is 0. The van der Waals surface area contributed by atoms with Crippen LogP contribution < -0.4 is 10.6 Å². The van der Waals surface area contributed by atoms with Gasteiger partial charge < -0.3 is 15.2 Å². The second-order valence-corrected chi connectivity index (χ2v) is 4.30. The number of amides is 1. The minimum Gasteiger partial charge on any atom is -0.373 e. The summed E-state index contributed by atoms with van der Waals surface area (Å²) < 4.78 is 5.00. The van der Waals surface area contributed by atoms with Gasteiger partial charge in [0.25, 0.3) is 5.91 Å². The minimum atomic E-state index is -0.365. The normalized spacial score (nSPS) is 10.3. The Kier molecular flexibility index (Phi) is 4.01. The fourth-order valence-corrected chi connectivity index (χ4v) is 1.68. The standard InChI is InChI=1S/C12H13ClN4O2/c1-7-5-8(19-17-7)6-15-12(18)11-9(13)3-4-10(14-2)16-11/h3-5H,6H2,1-2H3,(H,14,16)(H,15,18). The average Bonchev–Trinajstić information content (AvgIpc) is 2.82. The Bertz CT molecular complexity index is 597. The van der Waals surface area contributed by atoms with Crippen molar-refractivity contribution in [1.82, 2.24) is 15.5 Å². The van der Waals surface area contributed by atoms with E-state index in [0.29, 0.717) is 16.6 Å². The first kappa shape index (κ1) is 13.4. The third-order valence-corrected chi connectivity index (χ3v) is 2.72. The number of rotatable bonds is 4. The lowest BCUT2D eigenvalue weighted by atomic mass is 10.3. The van der Waals surface area contributed by atoms with Gasteiger partial charge in [0, 0.05) is 13.1 Å². The highest BCUT2D eigenvalue weighted by molar-refractivity contribution is 6.33. The monoisotopic (exact) mass is 280 g/mol. The Morgan fingerprint density at radius 3 is 2.89 bits per heavy atom. The largest absolute Gasteiger partial charge is 0.373 e. The predicted molar refractivity (Wildman–Crippen MR) is 71.2 cm³/mol. The molecule has 7 heteroatoms. The van der Waals surface area contributed by atoms with Crippen LogP contribution in [0.3, 0.4) is 0 Å². The van der Waals surface area contributed by atoms with Crippen LogP contribution in [-0.2, 0) is 6.54 Å². The van der Waals surface area contributed by atoms with Gasteiger partial charge in [-0.05, 0) is 19.1 Å². The van der Waals surface area contributed by atoms with Crippen molar-refractivity contribution in [2.75, 3.05) is 12.4 Å². The zero-order valence-corrected chi connectivity index (χ0v) is 11.3. The van der Waals surface area contributed by atoms with Gasteiger partial charge >= 0.3 is 0 Å². The lowest BCUT2D eigenvalue weighted by molar-refractivity contribution is 0.0942. The summed E-state index contributed by atoms with van der Waals surface area (Å²) in [6, 6.07) is 5.06. The first-order valence-electron chi connectivity index (χ1n) is 5.65. The number of aromatic nitrogens is 2. The lowest BCUT2D eigenvalue weighted by Crippen LogP contribution is -2.24. The van der Waals surface area contributed by atoms with E-state index in [1.165, 1.54) is 0 Å². The van der Waals surface area contributed by atoms with E-state index in [-0.39, 0.29) is 18.1 Å². The van der Waals surface area contributed by atoms with Crippen molar-refractivity contribution in [1.29, 1.82) is 0 Å². The second-order valence-electron chi connectivity index (χ2n) is 3.89. The molecular weight excluding hydrogens is 268 g/mol. The summed E-state index contributed by atoms with van der Waals surface area (Å²) in [5.41, 5.74) is 0.933. The number of pyridine rings is 1. The molecule has 2 aromatic rings. The fourth-order valence-electron chi connectivity index (χ4n) is 1.49. The van der Waals surface area contributed by atoms with Crippen molar-refractivity contribution in [3.63, 3.8) is 0 Å². The number of anilines is 1. The van der Waals surface area contributed by atoms with Gasteiger partial charge in [0.2, 0.25) is 0 Å². The van der Waals surface area contributed by atoms with E-state index in [1.807, 2.05) is 6.92 Å². The molecule has 2 aromatic heterocycles. The van der Waals surface area contributed by atoms with Crippen LogP contribution in [0.5, 0.6) is 0 Å². The first-order valence-corrected chi connectivity index (χ1v) is 6.02. The van der Waals surface area contributed by atoms with E-state index < -0.39 is 0 Å². The van der Waals surface area contributed by atoms with Crippen LogP contribution >= 0.6 is 11.6 Å². The third kappa shape index (κ3) is 3.23. The molecule has 0 aliphatic heterocycles. The summed E-state index contributed by atoms with van der Waals surface area (Å²) >= 11 is 5.95. The lowest BCUT2D eigenvalue weighted by Gasteiger charge is -2.06. The molecule has 0 aromatic carbocycles. The van der Waals surface area contributed by atoms with Crippen molar-refractivity contribution in [3.05, 3.63) is 40.4 Å². The molecule has 0 aliphatic carbocycles. The molecule has 0 saturated heterocycles. The highest BCUT2D eigenvalue weighted by Gasteiger charge is 2.13. The van der Waals surface area contributed by atoms with E-state index in [0.717, 1.165) is 5.69 Å². The molecule has 0 unspecified atom stereocenters. The summed E-state index contributed by atoms with van der Waals surface area (Å²) in [5, 5.41) is 9.55. The van der Waals surface area contributed by atoms with Crippen molar-refractivity contribution in [2.45, 2.75) is 13.5 Å². The van der Waals surface area contributed by atoms with Gasteiger partial charge in [-0.3, -0.25) is 4.79 Å². The molecule has 2 N–H and O–H groups in total. The number of nitrogens with zero attached hydrogens (tertiary/aromatic N) is 2. The Morgan fingerprint density at radius 2 is 2.26 bits per heavy atom. The van der Waals surface area contributed by atoms with Crippen LogP contribution in [0.1, 0.15) is 21.9 Å². The van der Waals surface area contributed by atoms with Crippen molar-refractivity contribution < 1.29 is 9.32 Å². The Labute approximate surface area is 115 Å². The molecule has 2 rings (SSSR count). The topological polar surface area (TPSA) is 80.0 Å². The van der Waals surface area contributed by atoms with E-state index in [2.05, 4.69) is 20.8 Å². The maximum absolute atomic E-state index is 12.0. The number of halogens is 1. The Hall–Kier alpha value is -2.08. The van der Waals surface area contributed by atoms with Gasteiger partial charge in [0.15, 0.2) is 5.76 Å². The molecule has 0 bridgehead atoms. The maximum Gasteiger partial charge on any atom is 0.271 e. The molecule has 2 heterocycles. The molecule has 100 valence electrons. The van der Waals surface area contributed by atoms with Crippen LogP contribution in [0.2, 0.25) is 5.02 Å². The van der Waals surface area contributed by atoms with Crippen LogP contribution in [0, 0.1) is 6.92 Å². The number of carbonyl (C=O) groups is 1. The average molecular weight is 281 g/mol. The van der Waals surface area contributed by atoms with Crippen molar-refractivity contribution in [3.8, 4) is 0 Å². The van der Waals surface area contributed by atoms with Crippen LogP contribution in [0.4, 0.5) is 5.82 Å². The molecule has 0 aliphatic rings. The van der Waals surface area contributed by atoms with Crippen LogP contribution in [-0.4, -0.2) is 23.1 Å². The number of nitrogens with one attached hydrogen (secondary N) is 2. The number of hydrogen-bond donors (Lipinski definition) is 2. The first-order chi connectivity index (χ1) is 9.10. The molecule has 0 spiro atoms. The van der Waals surface area contributed by atoms with E-state index in [4.69, 9.17) is 16.1 Å². The predicted octanol–water partition coefficient (Wildman–Crippen LogP) is 2.00. The molecular formula is C12H13ClN4O2. The fraction of sp³-hybridized carbons (Fsp3) is 0.250. The summed E-state index contributed by atoms with van der Waals surface area (Å²) in [5.74, 6) is 0.785. The minimum absolute atomic E-state index is 0.171. The molecule has 1 amide bonds. The van der Waals surface area contributed by atoms with Gasteiger partial charge in [-0.15, -0.1) is 0 Å². The van der Waals surface area contributed by atoms with E-state index >= 15 is 0 Å². The summed E-state index contributed by atoms with van der Waals surface area (Å²) in [4.78, 5) is 16.1. The zero-order valence-electron chi connectivity index (χ0n) is 10.5. The number of hydrogen-bond acceptors (Lipinski definition) is 5. The molecule has 0 saturated carbocycles. The zero-order chi connectivity index (χ0) is 13.8. The molecule has 19 heavy (non-hydrogen) atoms. The highest BCUT2D eigenvalue weighted by Crippen LogP contribution is 2.16. The molecule has 0 radical (unpaired) electrons. The van der Waals surface area contributed by atoms with Gasteiger partial charge in [-0.2, -0.15) is 0 Å². The SMILES string of the molecule is CNc1ccc(Cl)c(C(=O)NCc2cc(C)no2)n1. The number of aryl methyl sites for hydroxylation is 1. The van der Waals surface area contributed by atoms with E-state index in [1.54, 1.807) is 25.2 Å². The van der Waals surface area contributed by atoms with Gasteiger partial charge in [-0.25, -0.2) is 4.98 Å². The van der Waals surface area contributed by atoms with Crippen molar-refractivity contribution in [2.24, 2.45) is 0 Å². The van der Waals surface area contributed by atoms with E-state index in [9.17, 15) is 4.79 Å². The van der Waals surface area contributed by atoms with Gasteiger partial charge in [-0.1, -0.05) is 16.8 Å². The third-order valence-electron chi connectivity index (χ3n) is 2.42. The smallest absolute Gasteiger partial charge is 0.271 e. The molecule has 0 fully saturated rings. The maximum atomic E-state index is 12.0. The van der Waals surface area contributed by atoms with Crippen LogP contribution in [0.25, 0.3) is 0 Å². The summed E-state index contributed by atoms with van der Waals surface area (Å²) in [7, 11) is 1.72. The van der Waals surface area contributed by atoms with Crippen molar-refractivity contribution >= 4 is 23.3 Å².